The third-order valence-corrected chi connectivity index (χ3v) is 7.49. The van der Waals surface area contributed by atoms with Gasteiger partial charge >= 0.3 is 0 Å². The summed E-state index contributed by atoms with van der Waals surface area (Å²) in [6.45, 7) is 4.96. The summed E-state index contributed by atoms with van der Waals surface area (Å²) in [5.74, 6) is 1.09. The SMILES string of the molecule is CC(C)CS(=O)(=O)C1CN(C(=O)CCc2cccc(OCc3ccccc3)c2)C1. The lowest BCUT2D eigenvalue weighted by Gasteiger charge is -2.39. The molecule has 1 fully saturated rings. The average Bonchev–Trinajstić information content (AvgIpc) is 2.63. The van der Waals surface area contributed by atoms with E-state index in [0.29, 0.717) is 32.5 Å². The van der Waals surface area contributed by atoms with Gasteiger partial charge in [0, 0.05) is 19.5 Å². The Balaban J connectivity index is 1.45. The molecular formula is C23H29NO4S. The number of carbonyl (C=O) groups is 1. The maximum Gasteiger partial charge on any atom is 0.222 e. The molecule has 156 valence electrons. The Labute approximate surface area is 173 Å². The first-order chi connectivity index (χ1) is 13.8. The van der Waals surface area contributed by atoms with Gasteiger partial charge in [0.1, 0.15) is 12.4 Å². The number of carbonyl (C=O) groups excluding carboxylic acids is 1. The maximum atomic E-state index is 12.4. The van der Waals surface area contributed by atoms with Crippen LogP contribution < -0.4 is 4.74 Å². The van der Waals surface area contributed by atoms with Crippen LogP contribution in [0.5, 0.6) is 5.75 Å². The maximum absolute atomic E-state index is 12.4. The van der Waals surface area contributed by atoms with Gasteiger partial charge < -0.3 is 9.64 Å². The molecule has 0 N–H and O–H groups in total. The predicted molar refractivity (Wildman–Crippen MR) is 115 cm³/mol. The third kappa shape index (κ3) is 6.07. The van der Waals surface area contributed by atoms with E-state index >= 15 is 0 Å². The molecule has 1 amide bonds. The van der Waals surface area contributed by atoms with Crippen LogP contribution in [-0.2, 0) is 27.7 Å². The summed E-state index contributed by atoms with van der Waals surface area (Å²) in [6.07, 6.45) is 0.986. The molecule has 2 aromatic carbocycles. The summed E-state index contributed by atoms with van der Waals surface area (Å²) in [5.41, 5.74) is 2.14. The number of benzene rings is 2. The standard InChI is InChI=1S/C23H29NO4S/c1-18(2)17-29(26,27)22-14-24(15-22)23(25)12-11-19-9-6-10-21(13-19)28-16-20-7-4-3-5-8-20/h3-10,13,18,22H,11-12,14-17H2,1-2H3. The van der Waals surface area contributed by atoms with Crippen molar-refractivity contribution in [1.29, 1.82) is 0 Å². The Morgan fingerprint density at radius 1 is 1.07 bits per heavy atom. The zero-order valence-electron chi connectivity index (χ0n) is 17.1. The summed E-state index contributed by atoms with van der Waals surface area (Å²) in [4.78, 5) is 14.0. The molecule has 0 unspecified atom stereocenters. The lowest BCUT2D eigenvalue weighted by molar-refractivity contribution is -0.134. The van der Waals surface area contributed by atoms with E-state index in [-0.39, 0.29) is 17.6 Å². The topological polar surface area (TPSA) is 63.7 Å². The van der Waals surface area contributed by atoms with Crippen LogP contribution in [-0.4, -0.2) is 43.3 Å². The van der Waals surface area contributed by atoms with Crippen molar-refractivity contribution in [3.63, 3.8) is 0 Å². The van der Waals surface area contributed by atoms with Gasteiger partial charge in [-0.05, 0) is 35.6 Å². The number of aryl methyl sites for hydroxylation is 1. The molecule has 0 radical (unpaired) electrons. The van der Waals surface area contributed by atoms with Crippen LogP contribution in [0.15, 0.2) is 54.6 Å². The quantitative estimate of drug-likeness (QED) is 0.629. The highest BCUT2D eigenvalue weighted by Crippen LogP contribution is 2.21. The minimum absolute atomic E-state index is 0.0107. The Hall–Kier alpha value is -2.34. The van der Waals surface area contributed by atoms with Gasteiger partial charge in [-0.1, -0.05) is 56.3 Å². The van der Waals surface area contributed by atoms with Crippen LogP contribution in [0.1, 0.15) is 31.4 Å². The van der Waals surface area contributed by atoms with Crippen molar-refractivity contribution < 1.29 is 17.9 Å². The van der Waals surface area contributed by atoms with Crippen molar-refractivity contribution in [3.8, 4) is 5.75 Å². The fraction of sp³-hybridized carbons (Fsp3) is 0.435. The van der Waals surface area contributed by atoms with E-state index in [1.807, 2.05) is 68.4 Å². The number of likely N-dealkylation sites (tertiary alicyclic amines) is 1. The summed E-state index contributed by atoms with van der Waals surface area (Å²) in [7, 11) is -3.10. The highest BCUT2D eigenvalue weighted by molar-refractivity contribution is 7.92. The first-order valence-corrected chi connectivity index (χ1v) is 11.8. The number of hydrogen-bond acceptors (Lipinski definition) is 4. The number of sulfone groups is 1. The van der Waals surface area contributed by atoms with Crippen molar-refractivity contribution in [1.82, 2.24) is 4.90 Å². The van der Waals surface area contributed by atoms with Gasteiger partial charge in [0.25, 0.3) is 0 Å². The van der Waals surface area contributed by atoms with Gasteiger partial charge in [-0.25, -0.2) is 8.42 Å². The molecule has 1 saturated heterocycles. The highest BCUT2D eigenvalue weighted by Gasteiger charge is 2.39. The average molecular weight is 416 g/mol. The minimum atomic E-state index is -3.10. The minimum Gasteiger partial charge on any atom is -0.489 e. The van der Waals surface area contributed by atoms with E-state index in [9.17, 15) is 13.2 Å². The molecule has 0 aliphatic carbocycles. The van der Waals surface area contributed by atoms with Gasteiger partial charge in [-0.15, -0.1) is 0 Å². The molecule has 29 heavy (non-hydrogen) atoms. The Morgan fingerprint density at radius 3 is 2.45 bits per heavy atom. The molecule has 0 aromatic heterocycles. The van der Waals surface area contributed by atoms with E-state index < -0.39 is 15.1 Å². The van der Waals surface area contributed by atoms with Crippen LogP contribution in [0.2, 0.25) is 0 Å². The zero-order chi connectivity index (χ0) is 20.9. The Morgan fingerprint density at radius 2 is 1.76 bits per heavy atom. The molecule has 2 aromatic rings. The summed E-state index contributed by atoms with van der Waals surface area (Å²) >= 11 is 0. The molecule has 6 heteroatoms. The molecule has 1 aliphatic heterocycles. The molecule has 0 atom stereocenters. The van der Waals surface area contributed by atoms with Crippen molar-refractivity contribution in [2.24, 2.45) is 5.92 Å². The largest absolute Gasteiger partial charge is 0.489 e. The summed E-state index contributed by atoms with van der Waals surface area (Å²) in [5, 5.41) is -0.399. The Bertz CT molecular complexity index is 919. The van der Waals surface area contributed by atoms with E-state index in [0.717, 1.165) is 16.9 Å². The Kier molecular flexibility index (Phi) is 6.96. The fourth-order valence-electron chi connectivity index (χ4n) is 3.41. The number of amides is 1. The van der Waals surface area contributed by atoms with Gasteiger partial charge in [0.05, 0.1) is 11.0 Å². The molecular weight excluding hydrogens is 386 g/mol. The zero-order valence-corrected chi connectivity index (χ0v) is 17.9. The summed E-state index contributed by atoms with van der Waals surface area (Å²) < 4.78 is 30.3. The summed E-state index contributed by atoms with van der Waals surface area (Å²) in [6, 6.07) is 17.8. The highest BCUT2D eigenvalue weighted by atomic mass is 32.2. The van der Waals surface area contributed by atoms with Crippen molar-refractivity contribution in [2.75, 3.05) is 18.8 Å². The van der Waals surface area contributed by atoms with Crippen molar-refractivity contribution in [2.45, 2.75) is 38.5 Å². The molecule has 0 spiro atoms. The second-order valence-electron chi connectivity index (χ2n) is 8.07. The third-order valence-electron chi connectivity index (χ3n) is 5.05. The second-order valence-corrected chi connectivity index (χ2v) is 10.4. The molecule has 1 heterocycles. The first kappa shape index (κ1) is 21.4. The van der Waals surface area contributed by atoms with Gasteiger partial charge in [-0.3, -0.25) is 4.79 Å². The van der Waals surface area contributed by atoms with Crippen LogP contribution >= 0.6 is 0 Å². The van der Waals surface area contributed by atoms with E-state index in [1.54, 1.807) is 4.90 Å². The van der Waals surface area contributed by atoms with Gasteiger partial charge in [0.2, 0.25) is 5.91 Å². The molecule has 1 aliphatic rings. The van der Waals surface area contributed by atoms with Crippen molar-refractivity contribution in [3.05, 3.63) is 65.7 Å². The van der Waals surface area contributed by atoms with E-state index in [1.165, 1.54) is 0 Å². The number of hydrogen-bond donors (Lipinski definition) is 0. The molecule has 0 saturated carbocycles. The number of ether oxygens (including phenoxy) is 1. The van der Waals surface area contributed by atoms with Crippen LogP contribution in [0.25, 0.3) is 0 Å². The van der Waals surface area contributed by atoms with Crippen LogP contribution in [0.3, 0.4) is 0 Å². The molecule has 0 bridgehead atoms. The van der Waals surface area contributed by atoms with Crippen molar-refractivity contribution >= 4 is 15.7 Å². The lowest BCUT2D eigenvalue weighted by Crippen LogP contribution is -2.57. The lowest BCUT2D eigenvalue weighted by atomic mass is 10.1. The second kappa shape index (κ2) is 9.44. The number of rotatable bonds is 9. The van der Waals surface area contributed by atoms with Gasteiger partial charge in [0.15, 0.2) is 9.84 Å². The van der Waals surface area contributed by atoms with E-state index in [4.69, 9.17) is 4.74 Å². The van der Waals surface area contributed by atoms with Crippen LogP contribution in [0.4, 0.5) is 0 Å². The molecule has 5 nitrogen and oxygen atoms in total. The molecule has 3 rings (SSSR count). The smallest absolute Gasteiger partial charge is 0.222 e. The van der Waals surface area contributed by atoms with Crippen LogP contribution in [0, 0.1) is 5.92 Å². The van der Waals surface area contributed by atoms with Gasteiger partial charge in [-0.2, -0.15) is 0 Å². The fourth-order valence-corrected chi connectivity index (χ4v) is 5.43. The monoisotopic (exact) mass is 415 g/mol. The first-order valence-electron chi connectivity index (χ1n) is 10.1. The predicted octanol–water partition coefficient (Wildman–Crippen LogP) is 3.48. The number of nitrogens with zero attached hydrogens (tertiary/aromatic N) is 1. The van der Waals surface area contributed by atoms with E-state index in [2.05, 4.69) is 0 Å². The normalized spacial score (nSPS) is 14.7.